The molecule has 1 saturated heterocycles. The van der Waals surface area contributed by atoms with Crippen LogP contribution in [0.1, 0.15) is 30.1 Å². The van der Waals surface area contributed by atoms with Gasteiger partial charge in [-0.3, -0.25) is 9.20 Å². The highest BCUT2D eigenvalue weighted by Crippen LogP contribution is 2.28. The van der Waals surface area contributed by atoms with Gasteiger partial charge in [-0.15, -0.1) is 10.2 Å². The summed E-state index contributed by atoms with van der Waals surface area (Å²) < 4.78 is 2.06. The Bertz CT molecular complexity index is 1100. The zero-order valence-electron chi connectivity index (χ0n) is 15.0. The van der Waals surface area contributed by atoms with Crippen LogP contribution in [0.3, 0.4) is 0 Å². The van der Waals surface area contributed by atoms with Crippen LogP contribution in [0.15, 0.2) is 54.9 Å². The predicted molar refractivity (Wildman–Crippen MR) is 104 cm³/mol. The van der Waals surface area contributed by atoms with Gasteiger partial charge in [-0.2, -0.15) is 0 Å². The molecule has 6 heteroatoms. The first-order chi connectivity index (χ1) is 13.3. The molecule has 1 aliphatic heterocycles. The summed E-state index contributed by atoms with van der Waals surface area (Å²) in [5.41, 5.74) is 3.03. The molecular weight excluding hydrogens is 338 g/mol. The summed E-state index contributed by atoms with van der Waals surface area (Å²) in [6.45, 7) is 1.54. The molecule has 4 aromatic rings. The van der Waals surface area contributed by atoms with Gasteiger partial charge in [-0.25, -0.2) is 0 Å². The number of aromatic nitrogens is 4. The minimum atomic E-state index is 0.198. The fraction of sp³-hybridized carbons (Fsp3) is 0.286. The number of hydrogen-bond acceptors (Lipinski definition) is 3. The van der Waals surface area contributed by atoms with E-state index < -0.39 is 0 Å². The molecule has 27 heavy (non-hydrogen) atoms. The Morgan fingerprint density at radius 1 is 1.07 bits per heavy atom. The minimum Gasteiger partial charge on any atom is -0.361 e. The zero-order chi connectivity index (χ0) is 18.2. The van der Waals surface area contributed by atoms with Crippen molar-refractivity contribution in [2.24, 2.45) is 0 Å². The van der Waals surface area contributed by atoms with E-state index >= 15 is 0 Å². The molecule has 0 atom stereocenters. The van der Waals surface area contributed by atoms with Crippen molar-refractivity contribution in [1.29, 1.82) is 0 Å². The third-order valence-electron chi connectivity index (χ3n) is 5.57. The Kier molecular flexibility index (Phi) is 3.89. The maximum absolute atomic E-state index is 12.8. The first kappa shape index (κ1) is 16.1. The fourth-order valence-electron chi connectivity index (χ4n) is 4.08. The van der Waals surface area contributed by atoms with Crippen molar-refractivity contribution in [1.82, 2.24) is 24.5 Å². The van der Waals surface area contributed by atoms with Gasteiger partial charge in [0, 0.05) is 42.3 Å². The molecule has 6 nitrogen and oxygen atoms in total. The number of para-hydroxylation sites is 1. The van der Waals surface area contributed by atoms with E-state index in [1.165, 1.54) is 0 Å². The lowest BCUT2D eigenvalue weighted by Crippen LogP contribution is -2.39. The highest BCUT2D eigenvalue weighted by Gasteiger charge is 2.27. The molecule has 0 unspecified atom stereocenters. The van der Waals surface area contributed by atoms with Crippen LogP contribution >= 0.6 is 0 Å². The molecule has 1 fully saturated rings. The van der Waals surface area contributed by atoms with Gasteiger partial charge in [0.1, 0.15) is 5.82 Å². The summed E-state index contributed by atoms with van der Waals surface area (Å²) in [5.74, 6) is 1.55. The van der Waals surface area contributed by atoms with Crippen LogP contribution in [0.25, 0.3) is 16.6 Å². The lowest BCUT2D eigenvalue weighted by Gasteiger charge is -2.31. The van der Waals surface area contributed by atoms with Gasteiger partial charge in [-0.1, -0.05) is 24.3 Å². The van der Waals surface area contributed by atoms with E-state index in [0.29, 0.717) is 12.3 Å². The average Bonchev–Trinajstić information content (AvgIpc) is 3.33. The monoisotopic (exact) mass is 359 g/mol. The second-order valence-electron chi connectivity index (χ2n) is 7.18. The molecule has 1 aliphatic rings. The standard InChI is InChI=1S/C21H21N5O/c27-20(13-16-14-22-18-6-2-1-5-17(16)18)25-11-8-15(9-12-25)21-24-23-19-7-3-4-10-26(19)21/h1-7,10,14-15,22H,8-9,11-13H2. The van der Waals surface area contributed by atoms with Crippen molar-refractivity contribution in [3.05, 3.63) is 66.2 Å². The van der Waals surface area contributed by atoms with Gasteiger partial charge in [0.05, 0.1) is 6.42 Å². The summed E-state index contributed by atoms with van der Waals surface area (Å²) in [6, 6.07) is 14.1. The molecule has 0 saturated carbocycles. The second kappa shape index (κ2) is 6.54. The number of nitrogens with one attached hydrogen (secondary N) is 1. The Morgan fingerprint density at radius 2 is 1.89 bits per heavy atom. The molecule has 3 aromatic heterocycles. The Hall–Kier alpha value is -3.15. The molecule has 0 spiro atoms. The highest BCUT2D eigenvalue weighted by molar-refractivity contribution is 5.88. The number of carbonyl (C=O) groups excluding carboxylic acids is 1. The van der Waals surface area contributed by atoms with E-state index in [-0.39, 0.29) is 5.91 Å². The first-order valence-electron chi connectivity index (χ1n) is 9.42. The van der Waals surface area contributed by atoms with Crippen molar-refractivity contribution in [3.8, 4) is 0 Å². The molecule has 0 bridgehead atoms. The van der Waals surface area contributed by atoms with Crippen molar-refractivity contribution in [2.45, 2.75) is 25.2 Å². The van der Waals surface area contributed by atoms with Crippen LogP contribution < -0.4 is 0 Å². The quantitative estimate of drug-likeness (QED) is 0.611. The third-order valence-corrected chi connectivity index (χ3v) is 5.57. The smallest absolute Gasteiger partial charge is 0.227 e. The molecule has 5 rings (SSSR count). The number of benzene rings is 1. The maximum Gasteiger partial charge on any atom is 0.227 e. The number of carbonyl (C=O) groups is 1. The van der Waals surface area contributed by atoms with Crippen molar-refractivity contribution < 1.29 is 4.79 Å². The first-order valence-corrected chi connectivity index (χ1v) is 9.42. The number of piperidine rings is 1. The van der Waals surface area contributed by atoms with E-state index in [2.05, 4.69) is 25.6 Å². The second-order valence-corrected chi connectivity index (χ2v) is 7.18. The Morgan fingerprint density at radius 3 is 2.78 bits per heavy atom. The van der Waals surface area contributed by atoms with E-state index in [4.69, 9.17) is 0 Å². The van der Waals surface area contributed by atoms with Gasteiger partial charge in [0.25, 0.3) is 0 Å². The van der Waals surface area contributed by atoms with E-state index in [1.807, 2.05) is 53.7 Å². The summed E-state index contributed by atoms with van der Waals surface area (Å²) in [7, 11) is 0. The average molecular weight is 359 g/mol. The molecule has 136 valence electrons. The van der Waals surface area contributed by atoms with Crippen molar-refractivity contribution >= 4 is 22.5 Å². The highest BCUT2D eigenvalue weighted by atomic mass is 16.2. The van der Waals surface area contributed by atoms with Crippen LogP contribution in [0.5, 0.6) is 0 Å². The lowest BCUT2D eigenvalue weighted by molar-refractivity contribution is -0.131. The van der Waals surface area contributed by atoms with Gasteiger partial charge in [-0.05, 0) is 36.6 Å². The van der Waals surface area contributed by atoms with Crippen LogP contribution in [-0.2, 0) is 11.2 Å². The number of amides is 1. The lowest BCUT2D eigenvalue weighted by atomic mass is 9.95. The number of H-pyrrole nitrogens is 1. The van der Waals surface area contributed by atoms with Crippen LogP contribution in [0.2, 0.25) is 0 Å². The molecule has 1 amide bonds. The SMILES string of the molecule is O=C(Cc1c[nH]c2ccccc12)N1CCC(c2nnc3ccccn23)CC1. The van der Waals surface area contributed by atoms with Crippen LogP contribution in [0, 0.1) is 0 Å². The number of fused-ring (bicyclic) bond motifs is 2. The maximum atomic E-state index is 12.8. The van der Waals surface area contributed by atoms with E-state index in [1.54, 1.807) is 0 Å². The van der Waals surface area contributed by atoms with Gasteiger partial charge in [0.2, 0.25) is 5.91 Å². The number of nitrogens with zero attached hydrogens (tertiary/aromatic N) is 4. The molecule has 4 heterocycles. The topological polar surface area (TPSA) is 66.3 Å². The van der Waals surface area contributed by atoms with Gasteiger partial charge in [0.15, 0.2) is 5.65 Å². The number of rotatable bonds is 3. The van der Waals surface area contributed by atoms with E-state index in [9.17, 15) is 4.79 Å². The van der Waals surface area contributed by atoms with Gasteiger partial charge >= 0.3 is 0 Å². The van der Waals surface area contributed by atoms with Crippen LogP contribution in [-0.4, -0.2) is 43.5 Å². The molecule has 0 radical (unpaired) electrons. The number of aromatic amines is 1. The summed E-state index contributed by atoms with van der Waals surface area (Å²) in [5, 5.41) is 9.78. The van der Waals surface area contributed by atoms with Crippen LogP contribution in [0.4, 0.5) is 0 Å². The normalized spacial score (nSPS) is 15.6. The third kappa shape index (κ3) is 2.87. The summed E-state index contributed by atoms with van der Waals surface area (Å²) in [4.78, 5) is 18.0. The minimum absolute atomic E-state index is 0.198. The van der Waals surface area contributed by atoms with Crippen molar-refractivity contribution in [2.75, 3.05) is 13.1 Å². The largest absolute Gasteiger partial charge is 0.361 e. The zero-order valence-corrected chi connectivity index (χ0v) is 15.0. The van der Waals surface area contributed by atoms with Crippen molar-refractivity contribution in [3.63, 3.8) is 0 Å². The molecule has 1 N–H and O–H groups in total. The number of likely N-dealkylation sites (tertiary alicyclic amines) is 1. The molecule has 1 aromatic carbocycles. The summed E-state index contributed by atoms with van der Waals surface area (Å²) in [6.07, 6.45) is 6.27. The summed E-state index contributed by atoms with van der Waals surface area (Å²) >= 11 is 0. The number of pyridine rings is 1. The fourth-order valence-corrected chi connectivity index (χ4v) is 4.08. The molecule has 0 aliphatic carbocycles. The van der Waals surface area contributed by atoms with Gasteiger partial charge < -0.3 is 9.88 Å². The Labute approximate surface area is 156 Å². The number of hydrogen-bond donors (Lipinski definition) is 1. The Balaban J connectivity index is 1.27. The van der Waals surface area contributed by atoms with E-state index in [0.717, 1.165) is 53.9 Å². The predicted octanol–water partition coefficient (Wildman–Crippen LogP) is 3.16. The molecular formula is C21H21N5O.